The number of ether oxygens (including phenoxy) is 1. The third-order valence-corrected chi connectivity index (χ3v) is 6.07. The lowest BCUT2D eigenvalue weighted by Gasteiger charge is -2.27. The van der Waals surface area contributed by atoms with Crippen LogP contribution < -0.4 is 4.74 Å². The standard InChI is InChI=1S/C23H22Cl3N3O2/c1-4-14(2)29(13-16-5-7-18(24)8-6-16)23(30)31-22-10-9-21(27-28-22)17-11-19(25)15(3)20(26)12-17/h5-12,14H,4,13H2,1-3H3. The second kappa shape index (κ2) is 10.3. The minimum Gasteiger partial charge on any atom is -0.389 e. The predicted octanol–water partition coefficient (Wildman–Crippen LogP) is 7.21. The summed E-state index contributed by atoms with van der Waals surface area (Å²) in [7, 11) is 0. The van der Waals surface area contributed by atoms with E-state index in [0.29, 0.717) is 27.3 Å². The van der Waals surface area contributed by atoms with Gasteiger partial charge >= 0.3 is 6.09 Å². The molecule has 31 heavy (non-hydrogen) atoms. The Morgan fingerprint density at radius 2 is 1.68 bits per heavy atom. The average Bonchev–Trinajstić information content (AvgIpc) is 2.76. The molecule has 1 amide bonds. The van der Waals surface area contributed by atoms with Gasteiger partial charge in [-0.2, -0.15) is 0 Å². The first-order chi connectivity index (χ1) is 14.8. The third-order valence-electron chi connectivity index (χ3n) is 5.03. The molecule has 1 heterocycles. The van der Waals surface area contributed by atoms with Gasteiger partial charge < -0.3 is 9.64 Å². The van der Waals surface area contributed by atoms with Crippen LogP contribution in [0.25, 0.3) is 11.3 Å². The molecular formula is C23H22Cl3N3O2. The van der Waals surface area contributed by atoms with E-state index in [9.17, 15) is 4.79 Å². The van der Waals surface area contributed by atoms with Crippen LogP contribution in [0.15, 0.2) is 48.5 Å². The monoisotopic (exact) mass is 477 g/mol. The first-order valence-corrected chi connectivity index (χ1v) is 10.9. The van der Waals surface area contributed by atoms with E-state index in [-0.39, 0.29) is 11.9 Å². The van der Waals surface area contributed by atoms with Crippen LogP contribution in [0.3, 0.4) is 0 Å². The molecule has 5 nitrogen and oxygen atoms in total. The van der Waals surface area contributed by atoms with Gasteiger partial charge in [-0.25, -0.2) is 4.79 Å². The number of nitrogens with zero attached hydrogens (tertiary/aromatic N) is 3. The molecule has 162 valence electrons. The Labute approximate surface area is 196 Å². The summed E-state index contributed by atoms with van der Waals surface area (Å²) in [5, 5.41) is 9.93. The van der Waals surface area contributed by atoms with Crippen LogP contribution in [0.2, 0.25) is 15.1 Å². The second-order valence-corrected chi connectivity index (χ2v) is 8.45. The van der Waals surface area contributed by atoms with Gasteiger partial charge in [0.05, 0.1) is 5.69 Å². The zero-order chi connectivity index (χ0) is 22.5. The predicted molar refractivity (Wildman–Crippen MR) is 125 cm³/mol. The summed E-state index contributed by atoms with van der Waals surface area (Å²) in [5.74, 6) is 0.113. The van der Waals surface area contributed by atoms with Crippen molar-refractivity contribution in [2.45, 2.75) is 39.8 Å². The third kappa shape index (κ3) is 5.88. The molecule has 3 rings (SSSR count). The maximum atomic E-state index is 12.8. The molecule has 3 aromatic rings. The second-order valence-electron chi connectivity index (χ2n) is 7.20. The van der Waals surface area contributed by atoms with Crippen molar-refractivity contribution >= 4 is 40.9 Å². The SMILES string of the molecule is CCC(C)N(Cc1ccc(Cl)cc1)C(=O)Oc1ccc(-c2cc(Cl)c(C)c(Cl)c2)nn1. The highest BCUT2D eigenvalue weighted by Crippen LogP contribution is 2.30. The van der Waals surface area contributed by atoms with E-state index in [1.54, 1.807) is 41.3 Å². The summed E-state index contributed by atoms with van der Waals surface area (Å²) >= 11 is 18.4. The van der Waals surface area contributed by atoms with E-state index in [1.165, 1.54) is 0 Å². The van der Waals surface area contributed by atoms with Gasteiger partial charge in [0.2, 0.25) is 5.88 Å². The fourth-order valence-electron chi connectivity index (χ4n) is 2.88. The Morgan fingerprint density at radius 1 is 1.03 bits per heavy atom. The lowest BCUT2D eigenvalue weighted by atomic mass is 10.1. The van der Waals surface area contributed by atoms with E-state index in [1.807, 2.05) is 32.9 Å². The van der Waals surface area contributed by atoms with Crippen molar-refractivity contribution in [3.05, 3.63) is 74.7 Å². The number of hydrogen-bond donors (Lipinski definition) is 0. The molecular weight excluding hydrogens is 457 g/mol. The fraction of sp³-hybridized carbons (Fsp3) is 0.261. The lowest BCUT2D eigenvalue weighted by Crippen LogP contribution is -2.39. The highest BCUT2D eigenvalue weighted by molar-refractivity contribution is 6.36. The Balaban J connectivity index is 1.75. The number of hydrogen-bond acceptors (Lipinski definition) is 4. The molecule has 0 N–H and O–H groups in total. The molecule has 0 bridgehead atoms. The quantitative estimate of drug-likeness (QED) is 0.375. The van der Waals surface area contributed by atoms with Crippen LogP contribution in [-0.4, -0.2) is 27.2 Å². The molecule has 8 heteroatoms. The number of rotatable bonds is 6. The molecule has 0 aliphatic rings. The molecule has 0 saturated heterocycles. The fourth-order valence-corrected chi connectivity index (χ4v) is 3.49. The molecule has 0 spiro atoms. The largest absolute Gasteiger partial charge is 0.417 e. The van der Waals surface area contributed by atoms with Crippen LogP contribution in [0.4, 0.5) is 4.79 Å². The minimum atomic E-state index is -0.493. The molecule has 2 aromatic carbocycles. The summed E-state index contributed by atoms with van der Waals surface area (Å²) in [6.45, 7) is 6.22. The van der Waals surface area contributed by atoms with Crippen molar-refractivity contribution < 1.29 is 9.53 Å². The normalized spacial score (nSPS) is 11.8. The van der Waals surface area contributed by atoms with Gasteiger partial charge in [0, 0.05) is 39.3 Å². The van der Waals surface area contributed by atoms with Crippen molar-refractivity contribution in [1.82, 2.24) is 15.1 Å². The first kappa shape index (κ1) is 23.3. The van der Waals surface area contributed by atoms with Gasteiger partial charge in [-0.3, -0.25) is 0 Å². The Morgan fingerprint density at radius 3 is 2.23 bits per heavy atom. The summed E-state index contributed by atoms with van der Waals surface area (Å²) in [6, 6.07) is 14.2. The van der Waals surface area contributed by atoms with Crippen LogP contribution in [-0.2, 0) is 6.54 Å². The maximum absolute atomic E-state index is 12.8. The Hall–Kier alpha value is -2.34. The van der Waals surface area contributed by atoms with Crippen molar-refractivity contribution in [3.8, 4) is 17.1 Å². The zero-order valence-corrected chi connectivity index (χ0v) is 19.7. The van der Waals surface area contributed by atoms with E-state index in [4.69, 9.17) is 39.5 Å². The van der Waals surface area contributed by atoms with Gasteiger partial charge in [0.15, 0.2) is 0 Å². The van der Waals surface area contributed by atoms with E-state index >= 15 is 0 Å². The van der Waals surface area contributed by atoms with Crippen LogP contribution >= 0.6 is 34.8 Å². The molecule has 1 atom stereocenters. The molecule has 0 saturated carbocycles. The van der Waals surface area contributed by atoms with Gasteiger partial charge in [0.25, 0.3) is 0 Å². The minimum absolute atomic E-state index is 0.0211. The summed E-state index contributed by atoms with van der Waals surface area (Å²) in [5.41, 5.74) is 3.06. The topological polar surface area (TPSA) is 55.3 Å². The van der Waals surface area contributed by atoms with Crippen molar-refractivity contribution in [1.29, 1.82) is 0 Å². The van der Waals surface area contributed by atoms with E-state index in [0.717, 1.165) is 23.1 Å². The molecule has 0 aliphatic carbocycles. The number of carbonyl (C=O) groups is 1. The lowest BCUT2D eigenvalue weighted by molar-refractivity contribution is 0.128. The number of halogens is 3. The molecule has 0 fully saturated rings. The highest BCUT2D eigenvalue weighted by atomic mass is 35.5. The summed E-state index contributed by atoms with van der Waals surface area (Å²) in [6.07, 6.45) is 0.287. The highest BCUT2D eigenvalue weighted by Gasteiger charge is 2.22. The van der Waals surface area contributed by atoms with Crippen molar-refractivity contribution in [2.24, 2.45) is 0 Å². The maximum Gasteiger partial charge on any atom is 0.417 e. The molecule has 1 aromatic heterocycles. The van der Waals surface area contributed by atoms with Gasteiger partial charge in [0.1, 0.15) is 0 Å². The molecule has 0 radical (unpaired) electrons. The van der Waals surface area contributed by atoms with Gasteiger partial charge in [-0.05, 0) is 61.7 Å². The molecule has 0 aliphatic heterocycles. The molecule has 1 unspecified atom stereocenters. The van der Waals surface area contributed by atoms with Gasteiger partial charge in [-0.1, -0.05) is 53.9 Å². The Kier molecular flexibility index (Phi) is 7.76. The number of benzene rings is 2. The van der Waals surface area contributed by atoms with Crippen molar-refractivity contribution in [2.75, 3.05) is 0 Å². The van der Waals surface area contributed by atoms with E-state index in [2.05, 4.69) is 10.2 Å². The smallest absolute Gasteiger partial charge is 0.389 e. The van der Waals surface area contributed by atoms with Crippen LogP contribution in [0.1, 0.15) is 31.4 Å². The first-order valence-electron chi connectivity index (χ1n) is 9.81. The van der Waals surface area contributed by atoms with Crippen LogP contribution in [0, 0.1) is 6.92 Å². The van der Waals surface area contributed by atoms with Gasteiger partial charge in [-0.15, -0.1) is 10.2 Å². The number of carbonyl (C=O) groups excluding carboxylic acids is 1. The number of aromatic nitrogens is 2. The summed E-state index contributed by atoms with van der Waals surface area (Å²) in [4.78, 5) is 14.5. The number of amides is 1. The van der Waals surface area contributed by atoms with E-state index < -0.39 is 6.09 Å². The van der Waals surface area contributed by atoms with Crippen LogP contribution in [0.5, 0.6) is 5.88 Å². The zero-order valence-electron chi connectivity index (χ0n) is 17.4. The Bertz CT molecular complexity index is 1030. The average molecular weight is 479 g/mol. The van der Waals surface area contributed by atoms with Crippen molar-refractivity contribution in [3.63, 3.8) is 0 Å². The summed E-state index contributed by atoms with van der Waals surface area (Å²) < 4.78 is 5.49.